The highest BCUT2D eigenvalue weighted by atomic mass is 16.5. The number of carbonyl (C=O) groups is 1. The molecule has 1 saturated heterocycles. The first-order valence-corrected chi connectivity index (χ1v) is 6.15. The van der Waals surface area contributed by atoms with Crippen LogP contribution in [0.15, 0.2) is 16.7 Å². The summed E-state index contributed by atoms with van der Waals surface area (Å²) in [4.78, 5) is 13.7. The lowest BCUT2D eigenvalue weighted by atomic mass is 10.2. The third kappa shape index (κ3) is 2.90. The molecule has 1 fully saturated rings. The van der Waals surface area contributed by atoms with Gasteiger partial charge in [-0.1, -0.05) is 6.92 Å². The van der Waals surface area contributed by atoms with Crippen molar-refractivity contribution >= 4 is 5.91 Å². The number of carbonyl (C=O) groups excluding carboxylic acids is 1. The SMILES string of the molecule is CCC1CN(Cc2occc2C(=O)NN)CCO1. The van der Waals surface area contributed by atoms with E-state index in [2.05, 4.69) is 17.2 Å². The summed E-state index contributed by atoms with van der Waals surface area (Å²) in [5.41, 5.74) is 2.62. The molecule has 0 aromatic carbocycles. The number of nitrogen functional groups attached to an aromatic ring is 1. The summed E-state index contributed by atoms with van der Waals surface area (Å²) in [5, 5.41) is 0. The summed E-state index contributed by atoms with van der Waals surface area (Å²) < 4.78 is 11.0. The monoisotopic (exact) mass is 253 g/mol. The minimum Gasteiger partial charge on any atom is -0.467 e. The van der Waals surface area contributed by atoms with Crippen molar-refractivity contribution in [3.05, 3.63) is 23.7 Å². The van der Waals surface area contributed by atoms with Gasteiger partial charge in [-0.2, -0.15) is 0 Å². The van der Waals surface area contributed by atoms with E-state index in [0.29, 0.717) is 17.9 Å². The first-order chi connectivity index (χ1) is 8.74. The van der Waals surface area contributed by atoms with E-state index < -0.39 is 0 Å². The number of hydrogen-bond donors (Lipinski definition) is 2. The van der Waals surface area contributed by atoms with E-state index in [1.165, 1.54) is 6.26 Å². The van der Waals surface area contributed by atoms with Crippen LogP contribution < -0.4 is 11.3 Å². The first-order valence-electron chi connectivity index (χ1n) is 6.15. The average Bonchev–Trinajstić information content (AvgIpc) is 2.86. The Hall–Kier alpha value is -1.37. The molecular formula is C12H19N3O3. The zero-order valence-corrected chi connectivity index (χ0v) is 10.5. The zero-order chi connectivity index (χ0) is 13.0. The smallest absolute Gasteiger partial charge is 0.268 e. The van der Waals surface area contributed by atoms with E-state index in [0.717, 1.165) is 26.1 Å². The molecule has 100 valence electrons. The van der Waals surface area contributed by atoms with Crippen LogP contribution in [-0.4, -0.2) is 36.6 Å². The van der Waals surface area contributed by atoms with Gasteiger partial charge in [-0.3, -0.25) is 15.1 Å². The maximum absolute atomic E-state index is 11.5. The van der Waals surface area contributed by atoms with E-state index in [1.54, 1.807) is 6.07 Å². The summed E-state index contributed by atoms with van der Waals surface area (Å²) in [6, 6.07) is 1.63. The van der Waals surface area contributed by atoms with Crippen molar-refractivity contribution in [2.24, 2.45) is 5.84 Å². The van der Waals surface area contributed by atoms with Crippen LogP contribution in [0.25, 0.3) is 0 Å². The van der Waals surface area contributed by atoms with Crippen molar-refractivity contribution in [2.75, 3.05) is 19.7 Å². The summed E-state index contributed by atoms with van der Waals surface area (Å²) >= 11 is 0. The van der Waals surface area contributed by atoms with Gasteiger partial charge in [0, 0.05) is 13.1 Å². The van der Waals surface area contributed by atoms with E-state index in [9.17, 15) is 4.79 Å². The molecule has 0 spiro atoms. The lowest BCUT2D eigenvalue weighted by Crippen LogP contribution is -2.42. The number of hydrogen-bond acceptors (Lipinski definition) is 5. The van der Waals surface area contributed by atoms with Crippen LogP contribution in [-0.2, 0) is 11.3 Å². The average molecular weight is 253 g/mol. The molecule has 3 N–H and O–H groups in total. The molecule has 0 saturated carbocycles. The Morgan fingerprint density at radius 3 is 3.22 bits per heavy atom. The van der Waals surface area contributed by atoms with Crippen LogP contribution in [0.5, 0.6) is 0 Å². The second-order valence-electron chi connectivity index (χ2n) is 4.37. The fourth-order valence-corrected chi connectivity index (χ4v) is 2.12. The van der Waals surface area contributed by atoms with Crippen LogP contribution in [0.1, 0.15) is 29.5 Å². The van der Waals surface area contributed by atoms with E-state index in [-0.39, 0.29) is 12.0 Å². The first kappa shape index (κ1) is 13.1. The van der Waals surface area contributed by atoms with Crippen molar-refractivity contribution in [1.82, 2.24) is 10.3 Å². The predicted octanol–water partition coefficient (Wildman–Crippen LogP) is 0.494. The number of ether oxygens (including phenoxy) is 1. The summed E-state index contributed by atoms with van der Waals surface area (Å²) in [7, 11) is 0. The van der Waals surface area contributed by atoms with Crippen molar-refractivity contribution in [1.29, 1.82) is 0 Å². The fraction of sp³-hybridized carbons (Fsp3) is 0.583. The molecule has 1 unspecified atom stereocenters. The molecule has 0 aliphatic carbocycles. The standard InChI is InChI=1S/C12H19N3O3/c1-2-9-7-15(4-6-17-9)8-11-10(3-5-18-11)12(16)14-13/h3,5,9H,2,4,6-8,13H2,1H3,(H,14,16). The third-order valence-corrected chi connectivity index (χ3v) is 3.17. The zero-order valence-electron chi connectivity index (χ0n) is 10.5. The summed E-state index contributed by atoms with van der Waals surface area (Å²) in [5.74, 6) is 5.46. The third-order valence-electron chi connectivity index (χ3n) is 3.17. The number of amides is 1. The van der Waals surface area contributed by atoms with Crippen LogP contribution in [0, 0.1) is 0 Å². The molecular weight excluding hydrogens is 234 g/mol. The number of morpholine rings is 1. The van der Waals surface area contributed by atoms with Gasteiger partial charge < -0.3 is 9.15 Å². The molecule has 1 aromatic rings. The second-order valence-corrected chi connectivity index (χ2v) is 4.37. The lowest BCUT2D eigenvalue weighted by molar-refractivity contribution is -0.0342. The second kappa shape index (κ2) is 5.99. The van der Waals surface area contributed by atoms with Gasteiger partial charge in [-0.05, 0) is 12.5 Å². The van der Waals surface area contributed by atoms with Gasteiger partial charge >= 0.3 is 0 Å². The van der Waals surface area contributed by atoms with Crippen LogP contribution in [0.4, 0.5) is 0 Å². The van der Waals surface area contributed by atoms with Gasteiger partial charge in [0.25, 0.3) is 5.91 Å². The molecule has 1 aliphatic heterocycles. The topological polar surface area (TPSA) is 80.7 Å². The molecule has 1 amide bonds. The summed E-state index contributed by atoms with van der Waals surface area (Å²) in [6.07, 6.45) is 2.77. The maximum Gasteiger partial charge on any atom is 0.268 e. The molecule has 1 aromatic heterocycles. The van der Waals surface area contributed by atoms with E-state index in [4.69, 9.17) is 15.0 Å². The fourth-order valence-electron chi connectivity index (χ4n) is 2.12. The van der Waals surface area contributed by atoms with Gasteiger partial charge in [0.15, 0.2) is 0 Å². The molecule has 2 rings (SSSR count). The minimum atomic E-state index is -0.320. The highest BCUT2D eigenvalue weighted by Crippen LogP contribution is 2.16. The van der Waals surface area contributed by atoms with Crippen molar-refractivity contribution in [3.8, 4) is 0 Å². The minimum absolute atomic E-state index is 0.264. The van der Waals surface area contributed by atoms with Gasteiger partial charge in [0.05, 0.1) is 31.1 Å². The van der Waals surface area contributed by atoms with Gasteiger partial charge in [-0.25, -0.2) is 5.84 Å². The molecule has 1 atom stereocenters. The quantitative estimate of drug-likeness (QED) is 0.464. The predicted molar refractivity (Wildman–Crippen MR) is 65.7 cm³/mol. The van der Waals surface area contributed by atoms with Crippen LogP contribution >= 0.6 is 0 Å². The Morgan fingerprint density at radius 1 is 1.67 bits per heavy atom. The van der Waals surface area contributed by atoms with E-state index in [1.807, 2.05) is 0 Å². The Bertz CT molecular complexity index is 405. The van der Waals surface area contributed by atoms with Crippen LogP contribution in [0.2, 0.25) is 0 Å². The number of nitrogens with one attached hydrogen (secondary N) is 1. The highest BCUT2D eigenvalue weighted by molar-refractivity contribution is 5.94. The molecule has 2 heterocycles. The Kier molecular flexibility index (Phi) is 4.35. The molecule has 6 heteroatoms. The lowest BCUT2D eigenvalue weighted by Gasteiger charge is -2.31. The van der Waals surface area contributed by atoms with Crippen molar-refractivity contribution in [2.45, 2.75) is 26.0 Å². The maximum atomic E-state index is 11.5. The van der Waals surface area contributed by atoms with E-state index >= 15 is 0 Å². The van der Waals surface area contributed by atoms with Gasteiger partial charge in [0.2, 0.25) is 0 Å². The Morgan fingerprint density at radius 2 is 2.50 bits per heavy atom. The number of hydrazine groups is 1. The molecule has 1 aliphatic rings. The Labute approximate surface area is 106 Å². The molecule has 6 nitrogen and oxygen atoms in total. The van der Waals surface area contributed by atoms with Crippen molar-refractivity contribution in [3.63, 3.8) is 0 Å². The molecule has 18 heavy (non-hydrogen) atoms. The number of nitrogens with two attached hydrogens (primary N) is 1. The summed E-state index contributed by atoms with van der Waals surface area (Å²) in [6.45, 7) is 5.14. The van der Waals surface area contributed by atoms with Crippen molar-refractivity contribution < 1.29 is 13.9 Å². The number of nitrogens with zero attached hydrogens (tertiary/aromatic N) is 1. The normalized spacial score (nSPS) is 20.9. The van der Waals surface area contributed by atoms with Gasteiger partial charge in [0.1, 0.15) is 5.76 Å². The van der Waals surface area contributed by atoms with Gasteiger partial charge in [-0.15, -0.1) is 0 Å². The number of rotatable bonds is 4. The highest BCUT2D eigenvalue weighted by Gasteiger charge is 2.22. The van der Waals surface area contributed by atoms with Crippen LogP contribution in [0.3, 0.4) is 0 Å². The number of furan rings is 1. The largest absolute Gasteiger partial charge is 0.467 e. The molecule has 0 bridgehead atoms. The molecule has 0 radical (unpaired) electrons. The Balaban J connectivity index is 2.00.